The van der Waals surface area contributed by atoms with Crippen LogP contribution in [0, 0.1) is 0 Å². The van der Waals surface area contributed by atoms with E-state index in [1.54, 1.807) is 7.05 Å². The first-order chi connectivity index (χ1) is 11.1. The maximum atomic E-state index is 10.2. The van der Waals surface area contributed by atoms with Gasteiger partial charge in [0.25, 0.3) is 0 Å². The second kappa shape index (κ2) is 8.16. The molecule has 24 heavy (non-hydrogen) atoms. The summed E-state index contributed by atoms with van der Waals surface area (Å²) in [4.78, 5) is 6.42. The molecule has 0 amide bonds. The molecule has 0 aliphatic heterocycles. The Morgan fingerprint density at radius 3 is 2.54 bits per heavy atom. The molecule has 2 N–H and O–H groups in total. The molecule has 1 saturated carbocycles. The molecule has 0 radical (unpaired) electrons. The molecule has 0 spiro atoms. The Balaban J connectivity index is 0.00000208. The van der Waals surface area contributed by atoms with E-state index in [0.29, 0.717) is 6.54 Å². The van der Waals surface area contributed by atoms with E-state index in [1.165, 1.54) is 16.3 Å². The number of rotatable bonds is 4. The summed E-state index contributed by atoms with van der Waals surface area (Å²) in [6.07, 6.45) is 2.88. The van der Waals surface area contributed by atoms with Crippen molar-refractivity contribution in [2.45, 2.75) is 31.4 Å². The number of halogens is 1. The van der Waals surface area contributed by atoms with Gasteiger partial charge in [-0.15, -0.1) is 24.0 Å². The van der Waals surface area contributed by atoms with E-state index < -0.39 is 5.60 Å². The molecule has 1 fully saturated rings. The molecule has 0 bridgehead atoms. The van der Waals surface area contributed by atoms with E-state index >= 15 is 0 Å². The number of nitrogens with zero attached hydrogens (tertiary/aromatic N) is 2. The molecule has 1 aliphatic rings. The minimum absolute atomic E-state index is 0. The topological polar surface area (TPSA) is 47.9 Å². The maximum absolute atomic E-state index is 10.2. The quantitative estimate of drug-likeness (QED) is 0.436. The Labute approximate surface area is 161 Å². The van der Waals surface area contributed by atoms with Gasteiger partial charge < -0.3 is 15.3 Å². The van der Waals surface area contributed by atoms with Gasteiger partial charge in [0.15, 0.2) is 5.96 Å². The predicted molar refractivity (Wildman–Crippen MR) is 111 cm³/mol. The van der Waals surface area contributed by atoms with Crippen molar-refractivity contribution in [3.8, 4) is 0 Å². The van der Waals surface area contributed by atoms with Gasteiger partial charge >= 0.3 is 0 Å². The molecule has 130 valence electrons. The maximum Gasteiger partial charge on any atom is 0.193 e. The Kier molecular flexibility index (Phi) is 6.46. The zero-order valence-electron chi connectivity index (χ0n) is 14.3. The average Bonchev–Trinajstić information content (AvgIpc) is 2.53. The van der Waals surface area contributed by atoms with Crippen LogP contribution in [0.5, 0.6) is 0 Å². The van der Waals surface area contributed by atoms with Gasteiger partial charge in [-0.25, -0.2) is 0 Å². The normalized spacial score (nSPS) is 16.2. The van der Waals surface area contributed by atoms with Gasteiger partial charge in [-0.2, -0.15) is 0 Å². The molecule has 0 aromatic heterocycles. The Morgan fingerprint density at radius 1 is 1.21 bits per heavy atom. The van der Waals surface area contributed by atoms with Crippen LogP contribution in [0.2, 0.25) is 0 Å². The molecule has 0 saturated heterocycles. The second-order valence-electron chi connectivity index (χ2n) is 6.52. The predicted octanol–water partition coefficient (Wildman–Crippen LogP) is 3.38. The van der Waals surface area contributed by atoms with Crippen LogP contribution in [0.3, 0.4) is 0 Å². The number of fused-ring (bicyclic) bond motifs is 1. The number of aliphatic hydroxyl groups is 1. The highest BCUT2D eigenvalue weighted by molar-refractivity contribution is 14.0. The van der Waals surface area contributed by atoms with Crippen LogP contribution in [0.4, 0.5) is 0 Å². The van der Waals surface area contributed by atoms with Gasteiger partial charge in [-0.1, -0.05) is 36.4 Å². The molecular weight excluding hydrogens is 413 g/mol. The summed E-state index contributed by atoms with van der Waals surface area (Å²) in [6, 6.07) is 14.9. The second-order valence-corrected chi connectivity index (χ2v) is 6.52. The van der Waals surface area contributed by atoms with Gasteiger partial charge in [0.2, 0.25) is 0 Å². The lowest BCUT2D eigenvalue weighted by Crippen LogP contribution is -2.50. The molecule has 1 aliphatic carbocycles. The summed E-state index contributed by atoms with van der Waals surface area (Å²) < 4.78 is 0. The number of aliphatic imine (C=N–C) groups is 1. The molecule has 2 aromatic carbocycles. The van der Waals surface area contributed by atoms with Crippen LogP contribution in [0.25, 0.3) is 10.8 Å². The Bertz CT molecular complexity index is 713. The highest BCUT2D eigenvalue weighted by Crippen LogP contribution is 2.30. The monoisotopic (exact) mass is 439 g/mol. The lowest BCUT2D eigenvalue weighted by Gasteiger charge is -2.37. The number of hydrogen-bond donors (Lipinski definition) is 2. The highest BCUT2D eigenvalue weighted by Gasteiger charge is 2.34. The molecule has 0 unspecified atom stereocenters. The first-order valence-electron chi connectivity index (χ1n) is 8.21. The van der Waals surface area contributed by atoms with Crippen molar-refractivity contribution < 1.29 is 5.11 Å². The van der Waals surface area contributed by atoms with Crippen LogP contribution in [0.1, 0.15) is 24.8 Å². The van der Waals surface area contributed by atoms with Crippen molar-refractivity contribution in [3.05, 3.63) is 48.0 Å². The summed E-state index contributed by atoms with van der Waals surface area (Å²) >= 11 is 0. The zero-order valence-corrected chi connectivity index (χ0v) is 16.7. The van der Waals surface area contributed by atoms with Crippen LogP contribution in [0.15, 0.2) is 47.5 Å². The van der Waals surface area contributed by atoms with E-state index in [1.807, 2.05) is 7.05 Å². The third kappa shape index (κ3) is 4.39. The number of nitrogens with one attached hydrogen (secondary N) is 1. The molecular formula is C19H26IN3O. The third-order valence-electron chi connectivity index (χ3n) is 4.67. The summed E-state index contributed by atoms with van der Waals surface area (Å²) in [5, 5.41) is 16.0. The summed E-state index contributed by atoms with van der Waals surface area (Å²) in [6.45, 7) is 1.35. The van der Waals surface area contributed by atoms with E-state index in [9.17, 15) is 5.11 Å². The van der Waals surface area contributed by atoms with Gasteiger partial charge in [-0.05, 0) is 41.7 Å². The van der Waals surface area contributed by atoms with Crippen LogP contribution in [-0.4, -0.2) is 42.2 Å². The molecule has 2 aromatic rings. The van der Waals surface area contributed by atoms with Crippen LogP contribution in [-0.2, 0) is 6.54 Å². The molecule has 0 heterocycles. The first-order valence-corrected chi connectivity index (χ1v) is 8.21. The Hall–Kier alpha value is -1.34. The highest BCUT2D eigenvalue weighted by atomic mass is 127. The molecule has 3 rings (SSSR count). The van der Waals surface area contributed by atoms with Crippen molar-refractivity contribution >= 4 is 40.7 Å². The smallest absolute Gasteiger partial charge is 0.193 e. The van der Waals surface area contributed by atoms with E-state index in [0.717, 1.165) is 31.8 Å². The van der Waals surface area contributed by atoms with Crippen molar-refractivity contribution in [1.82, 2.24) is 10.2 Å². The third-order valence-corrected chi connectivity index (χ3v) is 4.67. The van der Waals surface area contributed by atoms with Gasteiger partial charge in [-0.3, -0.25) is 4.99 Å². The minimum atomic E-state index is -0.542. The number of benzene rings is 2. The van der Waals surface area contributed by atoms with Crippen molar-refractivity contribution in [2.24, 2.45) is 4.99 Å². The zero-order chi connectivity index (χ0) is 16.3. The van der Waals surface area contributed by atoms with Crippen LogP contribution < -0.4 is 5.32 Å². The fourth-order valence-corrected chi connectivity index (χ4v) is 3.08. The summed E-state index contributed by atoms with van der Waals surface area (Å²) in [5.74, 6) is 0.818. The van der Waals surface area contributed by atoms with Gasteiger partial charge in [0, 0.05) is 27.2 Å². The lowest BCUT2D eigenvalue weighted by molar-refractivity contribution is -0.0282. The molecule has 5 heteroatoms. The van der Waals surface area contributed by atoms with E-state index in [-0.39, 0.29) is 24.0 Å². The molecule has 0 atom stereocenters. The first kappa shape index (κ1) is 19.0. The largest absolute Gasteiger partial charge is 0.388 e. The van der Waals surface area contributed by atoms with Gasteiger partial charge in [0.05, 0.1) is 5.60 Å². The van der Waals surface area contributed by atoms with Gasteiger partial charge in [0.1, 0.15) is 0 Å². The van der Waals surface area contributed by atoms with E-state index in [2.05, 4.69) is 57.7 Å². The summed E-state index contributed by atoms with van der Waals surface area (Å²) in [5.41, 5.74) is 0.705. The van der Waals surface area contributed by atoms with E-state index in [4.69, 9.17) is 0 Å². The standard InChI is InChI=1S/C19H25N3O.HI/c1-20-18(21-14-19(23)10-5-11-19)22(2)13-15-8-9-16-6-3-4-7-17(16)12-15;/h3-4,6-9,12,23H,5,10-11,13-14H2,1-2H3,(H,20,21);1H. The molecule has 4 nitrogen and oxygen atoms in total. The van der Waals surface area contributed by atoms with Crippen LogP contribution >= 0.6 is 24.0 Å². The minimum Gasteiger partial charge on any atom is -0.388 e. The fraction of sp³-hybridized carbons (Fsp3) is 0.421. The van der Waals surface area contributed by atoms with Crippen molar-refractivity contribution in [3.63, 3.8) is 0 Å². The van der Waals surface area contributed by atoms with Crippen molar-refractivity contribution in [2.75, 3.05) is 20.6 Å². The van der Waals surface area contributed by atoms with Crippen molar-refractivity contribution in [1.29, 1.82) is 0 Å². The summed E-state index contributed by atoms with van der Waals surface area (Å²) in [7, 11) is 3.80. The number of hydrogen-bond acceptors (Lipinski definition) is 2. The number of guanidine groups is 1. The average molecular weight is 439 g/mol. The fourth-order valence-electron chi connectivity index (χ4n) is 3.08. The SMILES string of the molecule is CN=C(NCC1(O)CCC1)N(C)Cc1ccc2ccccc2c1.I. The Morgan fingerprint density at radius 2 is 1.92 bits per heavy atom. The lowest BCUT2D eigenvalue weighted by atomic mass is 9.80.